The van der Waals surface area contributed by atoms with E-state index < -0.39 is 0 Å². The van der Waals surface area contributed by atoms with E-state index >= 15 is 0 Å². The van der Waals surface area contributed by atoms with Crippen molar-refractivity contribution in [3.8, 4) is 0 Å². The average Bonchev–Trinajstić information content (AvgIpc) is 2.81. The highest BCUT2D eigenvalue weighted by Crippen LogP contribution is 2.16. The lowest BCUT2D eigenvalue weighted by atomic mass is 10.3. The summed E-state index contributed by atoms with van der Waals surface area (Å²) in [4.78, 5) is 17.4. The molecule has 0 aromatic heterocycles. The number of halogens is 2. The number of carbonyl (C=O) groups excluding carboxylic acids is 1. The number of anilines is 1. The Kier molecular flexibility index (Phi) is 3.48. The molecule has 2 heterocycles. The van der Waals surface area contributed by atoms with Crippen LogP contribution in [0.1, 0.15) is 0 Å². The zero-order valence-electron chi connectivity index (χ0n) is 10.3. The van der Waals surface area contributed by atoms with Gasteiger partial charge in [-0.3, -0.25) is 4.79 Å². The predicted molar refractivity (Wildman–Crippen MR) is 78.3 cm³/mol. The fourth-order valence-corrected chi connectivity index (χ4v) is 2.36. The lowest BCUT2D eigenvalue weighted by Gasteiger charge is -2.19. The molecule has 0 saturated heterocycles. The monoisotopic (exact) mass is 309 g/mol. The Morgan fingerprint density at radius 1 is 1.45 bits per heavy atom. The molecule has 1 atom stereocenters. The molecule has 5 nitrogen and oxygen atoms in total. The summed E-state index contributed by atoms with van der Waals surface area (Å²) >= 11 is 11.8. The highest BCUT2D eigenvalue weighted by molar-refractivity contribution is 6.31. The zero-order chi connectivity index (χ0) is 14.1. The molecule has 0 saturated carbocycles. The summed E-state index contributed by atoms with van der Waals surface area (Å²) in [6.07, 6.45) is 5.24. The third-order valence-corrected chi connectivity index (χ3v) is 3.38. The van der Waals surface area contributed by atoms with E-state index in [1.165, 1.54) is 4.42 Å². The Morgan fingerprint density at radius 3 is 3.10 bits per heavy atom. The molecule has 102 valence electrons. The highest BCUT2D eigenvalue weighted by Gasteiger charge is 2.29. The number of fused-ring (bicyclic) bond motifs is 1. The van der Waals surface area contributed by atoms with E-state index in [1.807, 2.05) is 0 Å². The molecule has 1 aromatic rings. The SMILES string of the molecule is O=C(Nc1cccc(Cl)c1)C1=C[NH+]2CN(Cl)C=CC2=N1. The van der Waals surface area contributed by atoms with Gasteiger partial charge in [-0.1, -0.05) is 17.7 Å². The summed E-state index contributed by atoms with van der Waals surface area (Å²) in [7, 11) is 0. The maximum Gasteiger partial charge on any atom is 0.280 e. The van der Waals surface area contributed by atoms with Gasteiger partial charge in [-0.2, -0.15) is 4.99 Å². The molecule has 0 spiro atoms. The van der Waals surface area contributed by atoms with Crippen molar-refractivity contribution in [2.24, 2.45) is 4.99 Å². The predicted octanol–water partition coefficient (Wildman–Crippen LogP) is 1.36. The summed E-state index contributed by atoms with van der Waals surface area (Å²) in [6, 6.07) is 6.97. The molecule has 0 fully saturated rings. The van der Waals surface area contributed by atoms with Crippen LogP contribution in [0, 0.1) is 0 Å². The lowest BCUT2D eigenvalue weighted by Crippen LogP contribution is -3.11. The van der Waals surface area contributed by atoms with Crippen LogP contribution in [0.2, 0.25) is 5.02 Å². The summed E-state index contributed by atoms with van der Waals surface area (Å²) in [5.41, 5.74) is 1.00. The van der Waals surface area contributed by atoms with Gasteiger partial charge in [0, 0.05) is 34.8 Å². The first kappa shape index (κ1) is 13.2. The third-order valence-electron chi connectivity index (χ3n) is 2.91. The van der Waals surface area contributed by atoms with Crippen molar-refractivity contribution in [3.63, 3.8) is 0 Å². The van der Waals surface area contributed by atoms with Gasteiger partial charge >= 0.3 is 0 Å². The Hall–Kier alpha value is -1.82. The zero-order valence-corrected chi connectivity index (χ0v) is 11.8. The van der Waals surface area contributed by atoms with Crippen LogP contribution >= 0.6 is 23.4 Å². The molecule has 20 heavy (non-hydrogen) atoms. The van der Waals surface area contributed by atoms with E-state index in [4.69, 9.17) is 23.4 Å². The Morgan fingerprint density at radius 2 is 2.30 bits per heavy atom. The third kappa shape index (κ3) is 2.70. The number of aliphatic imine (C=N–C) groups is 1. The molecule has 0 aliphatic carbocycles. The van der Waals surface area contributed by atoms with Gasteiger partial charge < -0.3 is 5.32 Å². The maximum absolute atomic E-state index is 12.1. The number of carbonyl (C=O) groups is 1. The van der Waals surface area contributed by atoms with Crippen LogP contribution in [0.4, 0.5) is 5.69 Å². The molecular weight excluding hydrogens is 299 g/mol. The topological polar surface area (TPSA) is 49.1 Å². The molecule has 0 radical (unpaired) electrons. The Bertz CT molecular complexity index is 654. The second-order valence-corrected chi connectivity index (χ2v) is 5.26. The van der Waals surface area contributed by atoms with Gasteiger partial charge in [-0.05, 0) is 18.2 Å². The van der Waals surface area contributed by atoms with E-state index in [0.717, 1.165) is 10.7 Å². The molecular formula is C13H11Cl2N4O+. The first-order chi connectivity index (χ1) is 9.61. The summed E-state index contributed by atoms with van der Waals surface area (Å²) in [6.45, 7) is 0.533. The quantitative estimate of drug-likeness (QED) is 0.810. The molecule has 1 amide bonds. The van der Waals surface area contributed by atoms with E-state index in [-0.39, 0.29) is 5.91 Å². The van der Waals surface area contributed by atoms with Gasteiger partial charge in [-0.25, -0.2) is 9.32 Å². The largest absolute Gasteiger partial charge is 0.320 e. The van der Waals surface area contributed by atoms with Crippen LogP contribution in [0.3, 0.4) is 0 Å². The second kappa shape index (κ2) is 5.28. The second-order valence-electron chi connectivity index (χ2n) is 4.39. The van der Waals surface area contributed by atoms with E-state index in [9.17, 15) is 4.79 Å². The fraction of sp³-hybridized carbons (Fsp3) is 0.0769. The Balaban J connectivity index is 1.75. The summed E-state index contributed by atoms with van der Waals surface area (Å²) in [5, 5.41) is 3.33. The van der Waals surface area contributed by atoms with Gasteiger partial charge in [0.1, 0.15) is 6.20 Å². The smallest absolute Gasteiger partial charge is 0.280 e. The number of nitrogens with one attached hydrogen (secondary N) is 2. The van der Waals surface area contributed by atoms with Crippen molar-refractivity contribution >= 4 is 40.8 Å². The van der Waals surface area contributed by atoms with Gasteiger partial charge in [0.15, 0.2) is 12.4 Å². The van der Waals surface area contributed by atoms with E-state index in [0.29, 0.717) is 23.1 Å². The summed E-state index contributed by atoms with van der Waals surface area (Å²) < 4.78 is 1.52. The van der Waals surface area contributed by atoms with Gasteiger partial charge in [0.05, 0.1) is 0 Å². The van der Waals surface area contributed by atoms with E-state index in [2.05, 4.69) is 10.3 Å². The molecule has 1 unspecified atom stereocenters. The van der Waals surface area contributed by atoms with Crippen LogP contribution in [0.25, 0.3) is 0 Å². The average molecular weight is 310 g/mol. The Labute approximate surface area is 125 Å². The molecule has 1 aromatic carbocycles. The molecule has 2 aliphatic rings. The first-order valence-electron chi connectivity index (χ1n) is 5.96. The highest BCUT2D eigenvalue weighted by atomic mass is 35.5. The number of hydrogen-bond acceptors (Lipinski definition) is 3. The summed E-state index contributed by atoms with van der Waals surface area (Å²) in [5.74, 6) is 0.509. The minimum atomic E-state index is -0.267. The van der Waals surface area contributed by atoms with Gasteiger partial charge in [0.2, 0.25) is 5.84 Å². The van der Waals surface area contributed by atoms with Crippen LogP contribution in [0.15, 0.2) is 53.4 Å². The minimum absolute atomic E-state index is 0.267. The minimum Gasteiger partial charge on any atom is -0.320 e. The standard InChI is InChI=1S/C13H10Cl2N4O/c14-9-2-1-3-10(6-9)16-13(20)11-7-18-8-19(15)5-4-12(18)17-11/h1-7H,8H2,(H,16,20)/p+1. The van der Waals surface area contributed by atoms with Crippen LogP contribution < -0.4 is 10.2 Å². The number of hydrogen-bond donors (Lipinski definition) is 2. The molecule has 7 heteroatoms. The van der Waals surface area contributed by atoms with Crippen molar-refractivity contribution in [3.05, 3.63) is 53.5 Å². The molecule has 2 N–H and O–H groups in total. The molecule has 3 rings (SSSR count). The number of amidine groups is 1. The van der Waals surface area contributed by atoms with E-state index in [1.54, 1.807) is 42.7 Å². The van der Waals surface area contributed by atoms with Crippen molar-refractivity contribution < 1.29 is 9.69 Å². The molecule has 2 aliphatic heterocycles. The van der Waals surface area contributed by atoms with Crippen molar-refractivity contribution in [2.75, 3.05) is 12.0 Å². The van der Waals surface area contributed by atoms with Gasteiger partial charge in [0.25, 0.3) is 5.91 Å². The normalized spacial score (nSPS) is 20.3. The van der Waals surface area contributed by atoms with Crippen molar-refractivity contribution in [1.82, 2.24) is 4.42 Å². The van der Waals surface area contributed by atoms with Crippen LogP contribution in [0.5, 0.6) is 0 Å². The number of quaternary nitrogens is 1. The fourth-order valence-electron chi connectivity index (χ4n) is 1.99. The number of nitrogens with zero attached hydrogens (tertiary/aromatic N) is 2. The number of amides is 1. The van der Waals surface area contributed by atoms with Crippen molar-refractivity contribution in [1.29, 1.82) is 0 Å². The van der Waals surface area contributed by atoms with Gasteiger partial charge in [-0.15, -0.1) is 0 Å². The van der Waals surface area contributed by atoms with Crippen LogP contribution in [-0.2, 0) is 4.79 Å². The first-order valence-corrected chi connectivity index (χ1v) is 6.67. The van der Waals surface area contributed by atoms with Crippen LogP contribution in [-0.4, -0.2) is 22.8 Å². The number of rotatable bonds is 2. The van der Waals surface area contributed by atoms with Crippen molar-refractivity contribution in [2.45, 2.75) is 0 Å². The lowest BCUT2D eigenvalue weighted by molar-refractivity contribution is -0.754. The molecule has 0 bridgehead atoms. The maximum atomic E-state index is 12.1. The number of benzene rings is 1.